The molecule has 3 nitrogen and oxygen atoms in total. The SMILES string of the molecule is O=C(OCCCCCO)C1CC2C=CC1C2. The van der Waals surface area contributed by atoms with Crippen LogP contribution in [0, 0.1) is 17.8 Å². The highest BCUT2D eigenvalue weighted by Crippen LogP contribution is 2.43. The number of unbranched alkanes of at least 4 members (excludes halogenated alkanes) is 2. The van der Waals surface area contributed by atoms with E-state index in [9.17, 15) is 4.79 Å². The first-order valence-electron chi connectivity index (χ1n) is 6.27. The predicted molar refractivity (Wildman–Crippen MR) is 60.7 cm³/mol. The second-order valence-corrected chi connectivity index (χ2v) is 4.84. The molecular formula is C13H20O3. The Morgan fingerprint density at radius 1 is 1.25 bits per heavy atom. The van der Waals surface area contributed by atoms with Crippen LogP contribution in [0.15, 0.2) is 12.2 Å². The maximum atomic E-state index is 11.8. The van der Waals surface area contributed by atoms with Gasteiger partial charge in [0.05, 0.1) is 12.5 Å². The maximum Gasteiger partial charge on any atom is 0.309 e. The van der Waals surface area contributed by atoms with Crippen molar-refractivity contribution in [3.05, 3.63) is 12.2 Å². The Bertz CT molecular complexity index is 272. The van der Waals surface area contributed by atoms with Crippen LogP contribution in [0.1, 0.15) is 32.1 Å². The highest BCUT2D eigenvalue weighted by molar-refractivity contribution is 5.74. The number of allylic oxidation sites excluding steroid dienone is 2. The first kappa shape index (κ1) is 11.6. The minimum absolute atomic E-state index is 0.0131. The topological polar surface area (TPSA) is 46.5 Å². The van der Waals surface area contributed by atoms with Crippen LogP contribution in [-0.2, 0) is 9.53 Å². The Balaban J connectivity index is 1.63. The van der Waals surface area contributed by atoms with Gasteiger partial charge >= 0.3 is 5.97 Å². The normalized spacial score (nSPS) is 30.9. The molecule has 2 rings (SSSR count). The van der Waals surface area contributed by atoms with E-state index < -0.39 is 0 Å². The van der Waals surface area contributed by atoms with Crippen molar-refractivity contribution in [1.82, 2.24) is 0 Å². The van der Waals surface area contributed by atoms with Crippen molar-refractivity contribution in [3.63, 3.8) is 0 Å². The molecule has 0 spiro atoms. The maximum absolute atomic E-state index is 11.8. The molecule has 0 aromatic heterocycles. The fourth-order valence-corrected chi connectivity index (χ4v) is 2.72. The number of aliphatic hydroxyl groups is 1. The van der Waals surface area contributed by atoms with Gasteiger partial charge in [0.2, 0.25) is 0 Å². The number of carbonyl (C=O) groups excluding carboxylic acids is 1. The van der Waals surface area contributed by atoms with Crippen molar-refractivity contribution in [1.29, 1.82) is 0 Å². The molecule has 0 saturated heterocycles. The largest absolute Gasteiger partial charge is 0.465 e. The van der Waals surface area contributed by atoms with Crippen LogP contribution in [0.25, 0.3) is 0 Å². The van der Waals surface area contributed by atoms with Crippen LogP contribution in [0.3, 0.4) is 0 Å². The third kappa shape index (κ3) is 2.64. The van der Waals surface area contributed by atoms with Crippen molar-refractivity contribution in [2.24, 2.45) is 17.8 Å². The van der Waals surface area contributed by atoms with Gasteiger partial charge in [0.1, 0.15) is 0 Å². The highest BCUT2D eigenvalue weighted by Gasteiger charge is 2.40. The van der Waals surface area contributed by atoms with Gasteiger partial charge in [-0.05, 0) is 43.9 Å². The number of hydrogen-bond donors (Lipinski definition) is 1. The summed E-state index contributed by atoms with van der Waals surface area (Å²) in [5.41, 5.74) is 0. The molecule has 0 amide bonds. The van der Waals surface area contributed by atoms with Gasteiger partial charge < -0.3 is 9.84 Å². The average molecular weight is 224 g/mol. The summed E-state index contributed by atoms with van der Waals surface area (Å²) in [5, 5.41) is 8.60. The number of carbonyl (C=O) groups is 1. The van der Waals surface area contributed by atoms with Crippen molar-refractivity contribution in [3.8, 4) is 0 Å². The summed E-state index contributed by atoms with van der Waals surface area (Å²) in [7, 11) is 0. The lowest BCUT2D eigenvalue weighted by Crippen LogP contribution is -2.22. The standard InChI is InChI=1S/C13H20O3/c14-6-2-1-3-7-16-13(15)12-9-10-4-5-11(12)8-10/h4-5,10-12,14H,1-3,6-9H2. The Kier molecular flexibility index (Phi) is 3.99. The smallest absolute Gasteiger partial charge is 0.309 e. The zero-order valence-corrected chi connectivity index (χ0v) is 9.60. The van der Waals surface area contributed by atoms with Gasteiger partial charge in [-0.1, -0.05) is 12.2 Å². The summed E-state index contributed by atoms with van der Waals surface area (Å²) < 4.78 is 5.27. The number of aliphatic hydroxyl groups excluding tert-OH is 1. The summed E-state index contributed by atoms with van der Waals surface area (Å²) in [5.74, 6) is 1.17. The Morgan fingerprint density at radius 3 is 2.75 bits per heavy atom. The highest BCUT2D eigenvalue weighted by atomic mass is 16.5. The predicted octanol–water partition coefficient (Wildman–Crippen LogP) is 1.90. The second kappa shape index (κ2) is 5.48. The van der Waals surface area contributed by atoms with Gasteiger partial charge in [-0.15, -0.1) is 0 Å². The molecule has 1 N–H and O–H groups in total. The summed E-state index contributed by atoms with van der Waals surface area (Å²) >= 11 is 0. The molecule has 0 aromatic carbocycles. The fraction of sp³-hybridized carbons (Fsp3) is 0.769. The van der Waals surface area contributed by atoms with Crippen LogP contribution in [0.2, 0.25) is 0 Å². The quantitative estimate of drug-likeness (QED) is 0.426. The molecule has 0 radical (unpaired) electrons. The third-order valence-corrected chi connectivity index (χ3v) is 3.63. The lowest BCUT2D eigenvalue weighted by atomic mass is 9.94. The van der Waals surface area contributed by atoms with E-state index in [1.54, 1.807) is 0 Å². The van der Waals surface area contributed by atoms with Gasteiger partial charge in [-0.3, -0.25) is 4.79 Å². The molecule has 0 aliphatic heterocycles. The molecule has 2 aliphatic rings. The summed E-state index contributed by atoms with van der Waals surface area (Å²) in [4.78, 5) is 11.8. The number of hydrogen-bond acceptors (Lipinski definition) is 3. The zero-order chi connectivity index (χ0) is 11.4. The van der Waals surface area contributed by atoms with Crippen LogP contribution in [0.5, 0.6) is 0 Å². The Labute approximate surface area is 96.5 Å². The molecule has 1 saturated carbocycles. The number of esters is 1. The fourth-order valence-electron chi connectivity index (χ4n) is 2.72. The van der Waals surface area contributed by atoms with Gasteiger partial charge in [-0.2, -0.15) is 0 Å². The number of rotatable bonds is 6. The number of fused-ring (bicyclic) bond motifs is 2. The van der Waals surface area contributed by atoms with Gasteiger partial charge in [0, 0.05) is 6.61 Å². The minimum atomic E-state index is -0.0131. The third-order valence-electron chi connectivity index (χ3n) is 3.63. The molecule has 2 bridgehead atoms. The molecule has 1 fully saturated rings. The van der Waals surface area contributed by atoms with Crippen LogP contribution < -0.4 is 0 Å². The van der Waals surface area contributed by atoms with Crippen molar-refractivity contribution < 1.29 is 14.6 Å². The van der Waals surface area contributed by atoms with Crippen LogP contribution in [0.4, 0.5) is 0 Å². The first-order chi connectivity index (χ1) is 7.81. The second-order valence-electron chi connectivity index (χ2n) is 4.84. The van der Waals surface area contributed by atoms with Gasteiger partial charge in [0.15, 0.2) is 0 Å². The molecule has 0 aromatic rings. The lowest BCUT2D eigenvalue weighted by Gasteiger charge is -2.16. The molecule has 3 unspecified atom stereocenters. The van der Waals surface area contributed by atoms with Gasteiger partial charge in [-0.25, -0.2) is 0 Å². The Morgan fingerprint density at radius 2 is 2.12 bits per heavy atom. The molecule has 16 heavy (non-hydrogen) atoms. The van der Waals surface area contributed by atoms with E-state index in [4.69, 9.17) is 9.84 Å². The number of ether oxygens (including phenoxy) is 1. The lowest BCUT2D eigenvalue weighted by molar-refractivity contribution is -0.149. The first-order valence-corrected chi connectivity index (χ1v) is 6.27. The van der Waals surface area contributed by atoms with Crippen molar-refractivity contribution in [2.45, 2.75) is 32.1 Å². The average Bonchev–Trinajstić information content (AvgIpc) is 2.90. The summed E-state index contributed by atoms with van der Waals surface area (Å²) in [6.45, 7) is 0.738. The van der Waals surface area contributed by atoms with E-state index in [-0.39, 0.29) is 18.5 Å². The zero-order valence-electron chi connectivity index (χ0n) is 9.60. The van der Waals surface area contributed by atoms with Crippen molar-refractivity contribution >= 4 is 5.97 Å². The molecular weight excluding hydrogens is 204 g/mol. The van der Waals surface area contributed by atoms with E-state index >= 15 is 0 Å². The van der Waals surface area contributed by atoms with E-state index in [1.807, 2.05) is 0 Å². The minimum Gasteiger partial charge on any atom is -0.465 e. The Hall–Kier alpha value is -0.830. The molecule has 90 valence electrons. The van der Waals surface area contributed by atoms with E-state index in [0.29, 0.717) is 18.4 Å². The van der Waals surface area contributed by atoms with Crippen molar-refractivity contribution in [2.75, 3.05) is 13.2 Å². The molecule has 0 heterocycles. The van der Waals surface area contributed by atoms with E-state index in [0.717, 1.165) is 32.1 Å². The monoisotopic (exact) mass is 224 g/mol. The van der Waals surface area contributed by atoms with E-state index in [2.05, 4.69) is 12.2 Å². The summed E-state index contributed by atoms with van der Waals surface area (Å²) in [6, 6.07) is 0. The van der Waals surface area contributed by atoms with Crippen LogP contribution >= 0.6 is 0 Å². The van der Waals surface area contributed by atoms with Crippen LogP contribution in [-0.4, -0.2) is 24.3 Å². The molecule has 3 heteroatoms. The molecule has 3 atom stereocenters. The summed E-state index contributed by atoms with van der Waals surface area (Å²) in [6.07, 6.45) is 9.13. The molecule has 2 aliphatic carbocycles. The van der Waals surface area contributed by atoms with Gasteiger partial charge in [0.25, 0.3) is 0 Å². The van der Waals surface area contributed by atoms with E-state index in [1.165, 1.54) is 0 Å².